The maximum atomic E-state index is 5.76. The van der Waals surface area contributed by atoms with E-state index < -0.39 is 0 Å². The van der Waals surface area contributed by atoms with E-state index in [1.807, 2.05) is 16.8 Å². The number of hydrogen-bond acceptors (Lipinski definition) is 3. The van der Waals surface area contributed by atoms with Crippen LogP contribution in [0.15, 0.2) is 36.5 Å². The van der Waals surface area contributed by atoms with Crippen LogP contribution in [0.4, 0.5) is 5.69 Å². The Morgan fingerprint density at radius 1 is 1.19 bits per heavy atom. The van der Waals surface area contributed by atoms with E-state index in [0.29, 0.717) is 12.1 Å². The highest BCUT2D eigenvalue weighted by atomic mass is 15.3. The molecule has 4 nitrogen and oxygen atoms in total. The van der Waals surface area contributed by atoms with Gasteiger partial charge in [-0.2, -0.15) is 5.10 Å². The van der Waals surface area contributed by atoms with Crippen molar-refractivity contribution in [2.24, 2.45) is 0 Å². The van der Waals surface area contributed by atoms with Crippen molar-refractivity contribution >= 4 is 5.69 Å². The van der Waals surface area contributed by atoms with Gasteiger partial charge < -0.3 is 5.73 Å². The zero-order chi connectivity index (χ0) is 14.8. The predicted molar refractivity (Wildman–Crippen MR) is 85.7 cm³/mol. The lowest BCUT2D eigenvalue weighted by Gasteiger charge is -2.21. The lowest BCUT2D eigenvalue weighted by molar-refractivity contribution is 0.241. The van der Waals surface area contributed by atoms with Crippen molar-refractivity contribution in [2.45, 2.75) is 51.9 Å². The Hall–Kier alpha value is -1.81. The van der Waals surface area contributed by atoms with Crippen LogP contribution in [0.5, 0.6) is 0 Å². The minimum absolute atomic E-state index is 0.422. The van der Waals surface area contributed by atoms with Crippen molar-refractivity contribution in [1.82, 2.24) is 14.7 Å². The van der Waals surface area contributed by atoms with Gasteiger partial charge in [0.1, 0.15) is 0 Å². The molecule has 1 aromatic heterocycles. The molecule has 0 atom stereocenters. The van der Waals surface area contributed by atoms with Crippen LogP contribution in [0.2, 0.25) is 0 Å². The number of hydrogen-bond donors (Lipinski definition) is 1. The first-order valence-corrected chi connectivity index (χ1v) is 7.74. The van der Waals surface area contributed by atoms with Gasteiger partial charge in [0, 0.05) is 37.1 Å². The number of nitrogens with two attached hydrogens (primary N) is 1. The molecule has 1 fully saturated rings. The summed E-state index contributed by atoms with van der Waals surface area (Å²) in [6.45, 7) is 6.21. The summed E-state index contributed by atoms with van der Waals surface area (Å²) in [7, 11) is 0. The summed E-state index contributed by atoms with van der Waals surface area (Å²) in [5.74, 6) is 0. The number of anilines is 1. The minimum Gasteiger partial charge on any atom is -0.399 e. The van der Waals surface area contributed by atoms with Crippen molar-refractivity contribution in [2.75, 3.05) is 5.73 Å². The smallest absolute Gasteiger partial charge is 0.0765 e. The van der Waals surface area contributed by atoms with Gasteiger partial charge in [0.05, 0.1) is 5.69 Å². The second-order valence-corrected chi connectivity index (χ2v) is 6.26. The average Bonchev–Trinajstić information content (AvgIpc) is 3.20. The van der Waals surface area contributed by atoms with Crippen molar-refractivity contribution in [1.29, 1.82) is 0 Å². The molecule has 0 spiro atoms. The Kier molecular flexibility index (Phi) is 3.97. The second-order valence-electron chi connectivity index (χ2n) is 6.26. The minimum atomic E-state index is 0.422. The fourth-order valence-electron chi connectivity index (χ4n) is 2.57. The quantitative estimate of drug-likeness (QED) is 0.829. The van der Waals surface area contributed by atoms with Crippen molar-refractivity contribution in [3.05, 3.63) is 47.8 Å². The van der Waals surface area contributed by atoms with E-state index in [0.717, 1.165) is 24.5 Å². The van der Waals surface area contributed by atoms with Gasteiger partial charge in [0.15, 0.2) is 0 Å². The maximum Gasteiger partial charge on any atom is 0.0765 e. The lowest BCUT2D eigenvalue weighted by atomic mass is 10.2. The summed E-state index contributed by atoms with van der Waals surface area (Å²) < 4.78 is 2.03. The maximum absolute atomic E-state index is 5.76. The summed E-state index contributed by atoms with van der Waals surface area (Å²) in [6.07, 6.45) is 4.69. The second kappa shape index (κ2) is 5.90. The monoisotopic (exact) mass is 284 g/mol. The normalized spacial score (nSPS) is 15.0. The highest BCUT2D eigenvalue weighted by molar-refractivity contribution is 5.39. The van der Waals surface area contributed by atoms with Gasteiger partial charge >= 0.3 is 0 Å². The number of nitrogens with zero attached hydrogens (tertiary/aromatic N) is 3. The topological polar surface area (TPSA) is 47.1 Å². The van der Waals surface area contributed by atoms with Gasteiger partial charge in [-0.05, 0) is 50.5 Å². The van der Waals surface area contributed by atoms with Crippen LogP contribution in [-0.2, 0) is 13.1 Å². The van der Waals surface area contributed by atoms with E-state index in [9.17, 15) is 0 Å². The van der Waals surface area contributed by atoms with Crippen LogP contribution in [0.3, 0.4) is 0 Å². The molecule has 2 aromatic rings. The molecule has 21 heavy (non-hydrogen) atoms. The van der Waals surface area contributed by atoms with Crippen LogP contribution in [0, 0.1) is 0 Å². The number of benzene rings is 1. The van der Waals surface area contributed by atoms with Gasteiger partial charge in [0.2, 0.25) is 0 Å². The molecule has 1 saturated carbocycles. The third-order valence-electron chi connectivity index (χ3n) is 3.99. The van der Waals surface area contributed by atoms with Gasteiger partial charge in [0.25, 0.3) is 0 Å². The number of rotatable bonds is 6. The molecule has 1 aliphatic carbocycles. The molecule has 1 heterocycles. The van der Waals surface area contributed by atoms with Crippen LogP contribution in [-0.4, -0.2) is 20.7 Å². The van der Waals surface area contributed by atoms with E-state index >= 15 is 0 Å². The zero-order valence-electron chi connectivity index (χ0n) is 12.9. The summed E-state index contributed by atoms with van der Waals surface area (Å²) in [5, 5.41) is 4.67. The highest BCUT2D eigenvalue weighted by Crippen LogP contribution is 2.29. The van der Waals surface area contributed by atoms with Crippen LogP contribution < -0.4 is 5.73 Å². The largest absolute Gasteiger partial charge is 0.399 e. The van der Waals surface area contributed by atoms with Crippen molar-refractivity contribution in [3.63, 3.8) is 0 Å². The van der Waals surface area contributed by atoms with E-state index in [2.05, 4.69) is 48.2 Å². The summed E-state index contributed by atoms with van der Waals surface area (Å²) in [6, 6.07) is 11.5. The molecule has 1 aromatic carbocycles. The van der Waals surface area contributed by atoms with Gasteiger partial charge in [-0.1, -0.05) is 12.1 Å². The Balaban J connectivity index is 1.68. The molecule has 4 heteroatoms. The molecule has 1 aliphatic rings. The van der Waals surface area contributed by atoms with Crippen LogP contribution in [0.25, 0.3) is 0 Å². The standard InChI is InChI=1S/C17H24N4/c1-13(2)21-10-9-16(19-21)12-20(17-7-8-17)11-14-3-5-15(18)6-4-14/h3-6,9-10,13,17H,7-8,11-12,18H2,1-2H3. The Morgan fingerprint density at radius 3 is 2.48 bits per heavy atom. The fraction of sp³-hybridized carbons (Fsp3) is 0.471. The summed E-state index contributed by atoms with van der Waals surface area (Å²) >= 11 is 0. The molecule has 0 unspecified atom stereocenters. The van der Waals surface area contributed by atoms with Gasteiger partial charge in [-0.25, -0.2) is 0 Å². The molecule has 3 rings (SSSR count). The van der Waals surface area contributed by atoms with Crippen molar-refractivity contribution < 1.29 is 0 Å². The third-order valence-corrected chi connectivity index (χ3v) is 3.99. The summed E-state index contributed by atoms with van der Waals surface area (Å²) in [5.41, 5.74) is 9.06. The van der Waals surface area contributed by atoms with Gasteiger partial charge in [-0.3, -0.25) is 9.58 Å². The van der Waals surface area contributed by atoms with Gasteiger partial charge in [-0.15, -0.1) is 0 Å². The fourth-order valence-corrected chi connectivity index (χ4v) is 2.57. The molecular weight excluding hydrogens is 260 g/mol. The highest BCUT2D eigenvalue weighted by Gasteiger charge is 2.29. The average molecular weight is 284 g/mol. The van der Waals surface area contributed by atoms with Crippen LogP contribution >= 0.6 is 0 Å². The lowest BCUT2D eigenvalue weighted by Crippen LogP contribution is -2.25. The molecule has 0 saturated heterocycles. The predicted octanol–water partition coefficient (Wildman–Crippen LogP) is 3.21. The Labute approximate surface area is 126 Å². The third kappa shape index (κ3) is 3.64. The molecular formula is C17H24N4. The first-order chi connectivity index (χ1) is 10.1. The first kappa shape index (κ1) is 14.1. The first-order valence-electron chi connectivity index (χ1n) is 7.74. The number of nitrogen functional groups attached to an aromatic ring is 1. The van der Waals surface area contributed by atoms with Crippen molar-refractivity contribution in [3.8, 4) is 0 Å². The zero-order valence-corrected chi connectivity index (χ0v) is 12.9. The molecule has 0 aliphatic heterocycles. The van der Waals surface area contributed by atoms with E-state index in [-0.39, 0.29) is 0 Å². The molecule has 2 N–H and O–H groups in total. The van der Waals surface area contributed by atoms with E-state index in [1.165, 1.54) is 18.4 Å². The Morgan fingerprint density at radius 2 is 1.90 bits per heavy atom. The van der Waals surface area contributed by atoms with E-state index in [4.69, 9.17) is 5.73 Å². The number of aromatic nitrogens is 2. The summed E-state index contributed by atoms with van der Waals surface area (Å²) in [4.78, 5) is 2.53. The molecule has 0 amide bonds. The van der Waals surface area contributed by atoms with Crippen LogP contribution in [0.1, 0.15) is 44.0 Å². The molecule has 112 valence electrons. The SMILES string of the molecule is CC(C)n1ccc(CN(Cc2ccc(N)cc2)C2CC2)n1. The molecule has 0 radical (unpaired) electrons. The Bertz CT molecular complexity index is 581. The van der Waals surface area contributed by atoms with E-state index in [1.54, 1.807) is 0 Å². The molecule has 0 bridgehead atoms.